The van der Waals surface area contributed by atoms with Gasteiger partial charge in [-0.15, -0.1) is 0 Å². The van der Waals surface area contributed by atoms with Gasteiger partial charge in [0.15, 0.2) is 0 Å². The molecule has 2 aromatic heterocycles. The Morgan fingerprint density at radius 3 is 2.89 bits per heavy atom. The quantitative estimate of drug-likeness (QED) is 0.624. The van der Waals surface area contributed by atoms with Crippen LogP contribution >= 0.6 is 0 Å². The normalized spacial score (nSPS) is 19.5. The lowest BCUT2D eigenvalue weighted by molar-refractivity contribution is -0.123. The van der Waals surface area contributed by atoms with Crippen molar-refractivity contribution in [1.82, 2.24) is 35.7 Å². The number of benzene rings is 1. The van der Waals surface area contributed by atoms with Gasteiger partial charge in [-0.3, -0.25) is 20.2 Å². The monoisotopic (exact) mass is 365 g/mol. The van der Waals surface area contributed by atoms with Gasteiger partial charge in [0, 0.05) is 18.8 Å². The molecular weight excluding hydrogens is 342 g/mol. The van der Waals surface area contributed by atoms with Gasteiger partial charge in [-0.05, 0) is 32.4 Å². The van der Waals surface area contributed by atoms with E-state index in [2.05, 4.69) is 41.8 Å². The molecule has 0 aliphatic carbocycles. The van der Waals surface area contributed by atoms with E-state index in [9.17, 15) is 4.79 Å². The van der Waals surface area contributed by atoms with Gasteiger partial charge in [0.25, 0.3) is 0 Å². The van der Waals surface area contributed by atoms with Crippen LogP contribution in [0.4, 0.5) is 0 Å². The molecular formula is C19H23N7O. The number of amides is 1. The molecule has 3 heterocycles. The topological polar surface area (TPSA) is 96.8 Å². The third kappa shape index (κ3) is 3.81. The zero-order chi connectivity index (χ0) is 18.8. The lowest BCUT2D eigenvalue weighted by Crippen LogP contribution is -2.43. The van der Waals surface area contributed by atoms with E-state index in [1.807, 2.05) is 32.0 Å². The van der Waals surface area contributed by atoms with Gasteiger partial charge >= 0.3 is 0 Å². The van der Waals surface area contributed by atoms with Crippen LogP contribution < -0.4 is 16.2 Å². The molecule has 2 atom stereocenters. The average molecular weight is 365 g/mol. The largest absolute Gasteiger partial charge is 0.349 e. The number of carbonyl (C=O) groups excluding carboxylic acids is 1. The van der Waals surface area contributed by atoms with Crippen molar-refractivity contribution in [3.63, 3.8) is 0 Å². The first-order valence-electron chi connectivity index (χ1n) is 9.08. The number of fused-ring (bicyclic) bond motifs is 1. The average Bonchev–Trinajstić information content (AvgIpc) is 3.26. The highest BCUT2D eigenvalue weighted by atomic mass is 16.2. The second kappa shape index (κ2) is 7.42. The van der Waals surface area contributed by atoms with Gasteiger partial charge in [-0.25, -0.2) is 10.4 Å². The Labute approximate surface area is 157 Å². The fraction of sp³-hybridized carbons (Fsp3) is 0.368. The minimum atomic E-state index is -0.275. The molecule has 0 radical (unpaired) electrons. The molecule has 1 amide bonds. The summed E-state index contributed by atoms with van der Waals surface area (Å²) < 4.78 is 2.19. The molecule has 140 valence electrons. The number of nitrogens with zero attached hydrogens (tertiary/aromatic N) is 4. The van der Waals surface area contributed by atoms with Gasteiger partial charge < -0.3 is 9.88 Å². The summed E-state index contributed by atoms with van der Waals surface area (Å²) in [4.78, 5) is 25.5. The third-order valence-corrected chi connectivity index (χ3v) is 4.82. The van der Waals surface area contributed by atoms with Crippen LogP contribution in [-0.2, 0) is 17.9 Å². The summed E-state index contributed by atoms with van der Waals surface area (Å²) in [5, 5.41) is 2.92. The van der Waals surface area contributed by atoms with Crippen molar-refractivity contribution < 1.29 is 4.79 Å². The maximum atomic E-state index is 12.4. The highest BCUT2D eigenvalue weighted by Gasteiger charge is 2.29. The van der Waals surface area contributed by atoms with E-state index in [1.165, 1.54) is 0 Å². The first-order valence-corrected chi connectivity index (χ1v) is 9.08. The number of para-hydroxylation sites is 2. The van der Waals surface area contributed by atoms with Gasteiger partial charge in [0.2, 0.25) is 5.91 Å². The number of hydrazine groups is 1. The predicted octanol–water partition coefficient (Wildman–Crippen LogP) is 0.995. The number of hydrogen-bond donors (Lipinski definition) is 3. The summed E-state index contributed by atoms with van der Waals surface area (Å²) >= 11 is 0. The minimum Gasteiger partial charge on any atom is -0.349 e. The number of carbonyl (C=O) groups is 1. The maximum absolute atomic E-state index is 12.4. The Morgan fingerprint density at radius 1 is 1.22 bits per heavy atom. The molecule has 27 heavy (non-hydrogen) atoms. The molecule has 1 aliphatic rings. The summed E-state index contributed by atoms with van der Waals surface area (Å²) in [6, 6.07) is 7.98. The fourth-order valence-corrected chi connectivity index (χ4v) is 3.37. The summed E-state index contributed by atoms with van der Waals surface area (Å²) in [6.07, 6.45) is 4.09. The first kappa shape index (κ1) is 17.6. The summed E-state index contributed by atoms with van der Waals surface area (Å²) in [7, 11) is 0. The molecule has 1 aromatic carbocycles. The van der Waals surface area contributed by atoms with Gasteiger partial charge in [0.1, 0.15) is 11.9 Å². The van der Waals surface area contributed by atoms with E-state index in [4.69, 9.17) is 0 Å². The molecule has 1 saturated heterocycles. The van der Waals surface area contributed by atoms with Crippen LogP contribution in [0.15, 0.2) is 36.7 Å². The van der Waals surface area contributed by atoms with Crippen molar-refractivity contribution >= 4 is 16.9 Å². The predicted molar refractivity (Wildman–Crippen MR) is 102 cm³/mol. The lowest BCUT2D eigenvalue weighted by atomic mass is 10.1. The number of nitrogens with one attached hydrogen (secondary N) is 3. The summed E-state index contributed by atoms with van der Waals surface area (Å²) in [5.41, 5.74) is 10.0. The number of aromatic nitrogens is 4. The molecule has 3 N–H and O–H groups in total. The van der Waals surface area contributed by atoms with E-state index < -0.39 is 0 Å². The molecule has 4 rings (SSSR count). The molecule has 1 fully saturated rings. The van der Waals surface area contributed by atoms with Gasteiger partial charge in [-0.2, -0.15) is 0 Å². The Morgan fingerprint density at radius 2 is 2.07 bits per heavy atom. The second-order valence-electron chi connectivity index (χ2n) is 6.90. The zero-order valence-corrected chi connectivity index (χ0v) is 15.4. The van der Waals surface area contributed by atoms with Crippen LogP contribution in [0.3, 0.4) is 0 Å². The highest BCUT2D eigenvalue weighted by Crippen LogP contribution is 2.18. The lowest BCUT2D eigenvalue weighted by Gasteiger charge is -2.13. The molecule has 8 heteroatoms. The van der Waals surface area contributed by atoms with Crippen LogP contribution in [-0.4, -0.2) is 37.5 Å². The van der Waals surface area contributed by atoms with Gasteiger partial charge in [-0.1, -0.05) is 12.1 Å². The van der Waals surface area contributed by atoms with Crippen LogP contribution in [0.2, 0.25) is 0 Å². The van der Waals surface area contributed by atoms with Crippen molar-refractivity contribution in [2.45, 2.75) is 45.4 Å². The SMILES string of the molecule is Cc1cnc(CNC(=O)C2CC(Cn3c(C)nc4ccccc43)NN2)cn1. The standard InChI is InChI=1S/C19H23N7O/c1-12-8-21-15(9-20-12)10-22-19(27)17-7-14(24-25-17)11-26-13(2)23-16-5-3-4-6-18(16)26/h3-6,8-9,14,17,24-25H,7,10-11H2,1-2H3,(H,22,27). The minimum absolute atomic E-state index is 0.0420. The fourth-order valence-electron chi connectivity index (χ4n) is 3.37. The molecule has 2 unspecified atom stereocenters. The zero-order valence-electron chi connectivity index (χ0n) is 15.4. The van der Waals surface area contributed by atoms with E-state index >= 15 is 0 Å². The smallest absolute Gasteiger partial charge is 0.238 e. The number of hydrogen-bond acceptors (Lipinski definition) is 6. The number of aryl methyl sites for hydroxylation is 2. The van der Waals surface area contributed by atoms with Crippen molar-refractivity contribution in [2.24, 2.45) is 0 Å². The van der Waals surface area contributed by atoms with Crippen molar-refractivity contribution in [3.8, 4) is 0 Å². The Balaban J connectivity index is 1.34. The highest BCUT2D eigenvalue weighted by molar-refractivity contribution is 5.82. The van der Waals surface area contributed by atoms with Crippen molar-refractivity contribution in [1.29, 1.82) is 0 Å². The Kier molecular flexibility index (Phi) is 4.83. The molecule has 1 aliphatic heterocycles. The van der Waals surface area contributed by atoms with Crippen LogP contribution in [0.5, 0.6) is 0 Å². The van der Waals surface area contributed by atoms with E-state index in [1.54, 1.807) is 12.4 Å². The van der Waals surface area contributed by atoms with Crippen LogP contribution in [0.1, 0.15) is 23.6 Å². The van der Waals surface area contributed by atoms with Crippen LogP contribution in [0.25, 0.3) is 11.0 Å². The van der Waals surface area contributed by atoms with Crippen molar-refractivity contribution in [3.05, 3.63) is 53.9 Å². The summed E-state index contributed by atoms with van der Waals surface area (Å²) in [5.74, 6) is 0.934. The molecule has 0 bridgehead atoms. The van der Waals surface area contributed by atoms with E-state index in [0.29, 0.717) is 13.0 Å². The Hall–Kier alpha value is -2.84. The molecule has 0 spiro atoms. The number of imidazole rings is 1. The number of rotatable bonds is 5. The molecule has 8 nitrogen and oxygen atoms in total. The van der Waals surface area contributed by atoms with E-state index in [-0.39, 0.29) is 18.0 Å². The first-order chi connectivity index (χ1) is 13.1. The summed E-state index contributed by atoms with van der Waals surface area (Å²) in [6.45, 7) is 5.02. The maximum Gasteiger partial charge on any atom is 0.238 e. The van der Waals surface area contributed by atoms with Crippen LogP contribution in [0, 0.1) is 13.8 Å². The third-order valence-electron chi connectivity index (χ3n) is 4.82. The van der Waals surface area contributed by atoms with Crippen molar-refractivity contribution in [2.75, 3.05) is 0 Å². The van der Waals surface area contributed by atoms with E-state index in [0.717, 1.165) is 34.8 Å². The Bertz CT molecular complexity index is 950. The molecule has 3 aromatic rings. The molecule has 0 saturated carbocycles. The second-order valence-corrected chi connectivity index (χ2v) is 6.90. The van der Waals surface area contributed by atoms with Gasteiger partial charge in [0.05, 0.1) is 35.2 Å².